The molecule has 2 aromatic heterocycles. The molecule has 0 N–H and O–H groups in total. The van der Waals surface area contributed by atoms with Crippen molar-refractivity contribution in [1.82, 2.24) is 24.4 Å². The zero-order valence-electron chi connectivity index (χ0n) is 11.6. The first-order valence-corrected chi connectivity index (χ1v) is 6.56. The Morgan fingerprint density at radius 2 is 2.05 bits per heavy atom. The Hall–Kier alpha value is -2.45. The minimum Gasteiger partial charge on any atom is -0.328 e. The first-order valence-electron chi connectivity index (χ1n) is 6.56. The SMILES string of the molecule is Cc1cn2c(n1)C(=O)N(Cc1cc(C(F)(F)F)ncn1)CC2. The standard InChI is InChI=1S/C13H12F3N5O/c1-8-5-20-2-3-21(12(22)11(20)19-8)6-9-4-10(13(14,15)16)18-7-17-9/h4-5,7H,2-3,6H2,1H3. The predicted molar refractivity (Wildman–Crippen MR) is 68.7 cm³/mol. The van der Waals surface area contributed by atoms with Crippen molar-refractivity contribution in [2.75, 3.05) is 6.54 Å². The fourth-order valence-corrected chi connectivity index (χ4v) is 2.34. The van der Waals surface area contributed by atoms with Gasteiger partial charge >= 0.3 is 6.18 Å². The average molecular weight is 311 g/mol. The summed E-state index contributed by atoms with van der Waals surface area (Å²) in [5.74, 6) is -0.0135. The van der Waals surface area contributed by atoms with Crippen LogP contribution in [0.3, 0.4) is 0 Å². The first kappa shape index (κ1) is 14.5. The molecule has 2 aromatic rings. The Morgan fingerprint density at radius 1 is 1.27 bits per heavy atom. The Balaban J connectivity index is 1.81. The van der Waals surface area contributed by atoms with Gasteiger partial charge in [0, 0.05) is 19.3 Å². The number of amides is 1. The number of aromatic nitrogens is 4. The van der Waals surface area contributed by atoms with Crippen LogP contribution in [-0.4, -0.2) is 36.9 Å². The van der Waals surface area contributed by atoms with Crippen LogP contribution in [0.1, 0.15) is 27.7 Å². The number of hydrogen-bond acceptors (Lipinski definition) is 4. The van der Waals surface area contributed by atoms with Crippen molar-refractivity contribution in [2.24, 2.45) is 0 Å². The van der Waals surface area contributed by atoms with Gasteiger partial charge in [-0.1, -0.05) is 0 Å². The van der Waals surface area contributed by atoms with Crippen molar-refractivity contribution in [2.45, 2.75) is 26.2 Å². The quantitative estimate of drug-likeness (QED) is 0.846. The lowest BCUT2D eigenvalue weighted by Crippen LogP contribution is -2.40. The highest BCUT2D eigenvalue weighted by Crippen LogP contribution is 2.27. The van der Waals surface area contributed by atoms with E-state index in [1.54, 1.807) is 17.7 Å². The summed E-state index contributed by atoms with van der Waals surface area (Å²) in [6.45, 7) is 2.73. The molecule has 116 valence electrons. The number of alkyl halides is 3. The van der Waals surface area contributed by atoms with E-state index in [-0.39, 0.29) is 18.1 Å². The summed E-state index contributed by atoms with van der Waals surface area (Å²) in [5, 5.41) is 0. The average Bonchev–Trinajstić information content (AvgIpc) is 2.83. The molecule has 0 spiro atoms. The third-order valence-corrected chi connectivity index (χ3v) is 3.35. The number of fused-ring (bicyclic) bond motifs is 1. The number of hydrogen-bond donors (Lipinski definition) is 0. The van der Waals surface area contributed by atoms with E-state index < -0.39 is 11.9 Å². The number of rotatable bonds is 2. The Morgan fingerprint density at radius 3 is 2.77 bits per heavy atom. The highest BCUT2D eigenvalue weighted by molar-refractivity contribution is 5.91. The van der Waals surface area contributed by atoms with Gasteiger partial charge in [-0.25, -0.2) is 15.0 Å². The molecule has 9 heteroatoms. The number of imidazole rings is 1. The van der Waals surface area contributed by atoms with Crippen LogP contribution < -0.4 is 0 Å². The Labute approximate surface area is 123 Å². The fourth-order valence-electron chi connectivity index (χ4n) is 2.34. The third-order valence-electron chi connectivity index (χ3n) is 3.35. The summed E-state index contributed by atoms with van der Waals surface area (Å²) < 4.78 is 39.7. The molecule has 22 heavy (non-hydrogen) atoms. The molecule has 0 bridgehead atoms. The van der Waals surface area contributed by atoms with Crippen LogP contribution in [-0.2, 0) is 19.3 Å². The van der Waals surface area contributed by atoms with E-state index in [0.29, 0.717) is 18.9 Å². The summed E-state index contributed by atoms with van der Waals surface area (Å²) in [7, 11) is 0. The maximum atomic E-state index is 12.6. The largest absolute Gasteiger partial charge is 0.433 e. The number of aryl methyl sites for hydroxylation is 1. The van der Waals surface area contributed by atoms with Gasteiger partial charge in [0.1, 0.15) is 12.0 Å². The zero-order chi connectivity index (χ0) is 15.9. The molecule has 1 amide bonds. The van der Waals surface area contributed by atoms with Gasteiger partial charge < -0.3 is 9.47 Å². The van der Waals surface area contributed by atoms with Gasteiger partial charge in [-0.05, 0) is 13.0 Å². The predicted octanol–water partition coefficient (Wildman–Crippen LogP) is 1.66. The molecule has 1 aliphatic heterocycles. The summed E-state index contributed by atoms with van der Waals surface area (Å²) in [5.41, 5.74) is -0.140. The molecule has 0 saturated carbocycles. The minimum atomic E-state index is -4.53. The Bertz CT molecular complexity index is 725. The molecule has 0 aromatic carbocycles. The molecule has 0 atom stereocenters. The van der Waals surface area contributed by atoms with Gasteiger partial charge in [-0.15, -0.1) is 0 Å². The van der Waals surface area contributed by atoms with Crippen molar-refractivity contribution in [1.29, 1.82) is 0 Å². The van der Waals surface area contributed by atoms with Crippen LogP contribution in [0.15, 0.2) is 18.6 Å². The molecule has 6 nitrogen and oxygen atoms in total. The van der Waals surface area contributed by atoms with E-state index >= 15 is 0 Å². The molecule has 0 radical (unpaired) electrons. The van der Waals surface area contributed by atoms with Gasteiger partial charge in [-0.3, -0.25) is 4.79 Å². The second-order valence-corrected chi connectivity index (χ2v) is 5.02. The Kier molecular flexibility index (Phi) is 3.34. The molecule has 0 saturated heterocycles. The minimum absolute atomic E-state index is 0.00363. The maximum Gasteiger partial charge on any atom is 0.433 e. The molecule has 1 aliphatic rings. The van der Waals surface area contributed by atoms with Crippen LogP contribution in [0.5, 0.6) is 0 Å². The van der Waals surface area contributed by atoms with Crippen LogP contribution in [0.4, 0.5) is 13.2 Å². The smallest absolute Gasteiger partial charge is 0.328 e. The lowest BCUT2D eigenvalue weighted by atomic mass is 10.2. The summed E-state index contributed by atoms with van der Waals surface area (Å²) >= 11 is 0. The number of carbonyl (C=O) groups excluding carboxylic acids is 1. The molecular weight excluding hydrogens is 299 g/mol. The number of nitrogens with zero attached hydrogens (tertiary/aromatic N) is 5. The lowest BCUT2D eigenvalue weighted by Gasteiger charge is -2.27. The van der Waals surface area contributed by atoms with Gasteiger partial charge in [0.2, 0.25) is 0 Å². The van der Waals surface area contributed by atoms with Crippen molar-refractivity contribution in [3.05, 3.63) is 41.5 Å². The highest BCUT2D eigenvalue weighted by atomic mass is 19.4. The van der Waals surface area contributed by atoms with E-state index in [2.05, 4.69) is 15.0 Å². The van der Waals surface area contributed by atoms with E-state index in [4.69, 9.17) is 0 Å². The first-order chi connectivity index (χ1) is 10.3. The van der Waals surface area contributed by atoms with E-state index in [0.717, 1.165) is 18.1 Å². The normalized spacial score (nSPS) is 15.1. The topological polar surface area (TPSA) is 63.9 Å². The molecule has 0 fully saturated rings. The summed E-state index contributed by atoms with van der Waals surface area (Å²) in [4.78, 5) is 24.9. The van der Waals surface area contributed by atoms with Crippen molar-refractivity contribution >= 4 is 5.91 Å². The van der Waals surface area contributed by atoms with Crippen LogP contribution >= 0.6 is 0 Å². The monoisotopic (exact) mass is 311 g/mol. The van der Waals surface area contributed by atoms with Crippen molar-refractivity contribution in [3.8, 4) is 0 Å². The lowest BCUT2D eigenvalue weighted by molar-refractivity contribution is -0.141. The van der Waals surface area contributed by atoms with Crippen LogP contribution in [0.25, 0.3) is 0 Å². The summed E-state index contributed by atoms with van der Waals surface area (Å²) in [6.07, 6.45) is -1.90. The van der Waals surface area contributed by atoms with E-state index in [9.17, 15) is 18.0 Å². The van der Waals surface area contributed by atoms with Gasteiger partial charge in [0.05, 0.1) is 17.9 Å². The van der Waals surface area contributed by atoms with Crippen molar-refractivity contribution in [3.63, 3.8) is 0 Å². The highest BCUT2D eigenvalue weighted by Gasteiger charge is 2.33. The van der Waals surface area contributed by atoms with Gasteiger partial charge in [-0.2, -0.15) is 13.2 Å². The molecule has 0 aliphatic carbocycles. The van der Waals surface area contributed by atoms with Gasteiger partial charge in [0.15, 0.2) is 5.82 Å². The second kappa shape index (κ2) is 5.08. The summed E-state index contributed by atoms with van der Waals surface area (Å²) in [6, 6.07) is 0.861. The maximum absolute atomic E-state index is 12.6. The molecule has 3 rings (SSSR count). The molecule has 0 unspecified atom stereocenters. The molecular formula is C13H12F3N5O. The third kappa shape index (κ3) is 2.66. The van der Waals surface area contributed by atoms with E-state index in [1.165, 1.54) is 4.90 Å². The van der Waals surface area contributed by atoms with E-state index in [1.807, 2.05) is 0 Å². The number of halogens is 3. The zero-order valence-corrected chi connectivity index (χ0v) is 11.6. The van der Waals surface area contributed by atoms with Gasteiger partial charge in [0.25, 0.3) is 5.91 Å². The second-order valence-electron chi connectivity index (χ2n) is 5.02. The molecule has 3 heterocycles. The fraction of sp³-hybridized carbons (Fsp3) is 0.385. The number of carbonyl (C=O) groups is 1. The van der Waals surface area contributed by atoms with Crippen LogP contribution in [0, 0.1) is 6.92 Å². The van der Waals surface area contributed by atoms with Crippen LogP contribution in [0.2, 0.25) is 0 Å². The van der Waals surface area contributed by atoms with Crippen molar-refractivity contribution < 1.29 is 18.0 Å².